The number of ketones is 2. The number of Topliss-reactive ketones (excluding diaryl/α,β-unsaturated/α-hetero) is 2. The molecule has 2 saturated carbocycles. The summed E-state index contributed by atoms with van der Waals surface area (Å²) in [5.41, 5.74) is 11.4. The average Bonchev–Trinajstić information content (AvgIpc) is 2.40. The van der Waals surface area contributed by atoms with Crippen LogP contribution in [0.1, 0.15) is 65.2 Å². The fourth-order valence-corrected chi connectivity index (χ4v) is 3.05. The van der Waals surface area contributed by atoms with Crippen molar-refractivity contribution >= 4 is 36.4 Å². The molecule has 4 N–H and O–H groups in total. The standard InChI is InChI=1S/2C8H15NO.2ClH/c2*1-6(10)7-2-4-8(9)5-3-7;;/h2*7-8H,2-5,9H2,1H3;2*1H. The lowest BCUT2D eigenvalue weighted by Crippen LogP contribution is -2.28. The fraction of sp³-hybridized carbons (Fsp3) is 0.875. The lowest BCUT2D eigenvalue weighted by molar-refractivity contribution is -0.122. The van der Waals surface area contributed by atoms with E-state index in [1.165, 1.54) is 0 Å². The van der Waals surface area contributed by atoms with Gasteiger partial charge < -0.3 is 11.5 Å². The van der Waals surface area contributed by atoms with Crippen molar-refractivity contribution in [3.63, 3.8) is 0 Å². The summed E-state index contributed by atoms with van der Waals surface area (Å²) < 4.78 is 0. The SMILES string of the molecule is CC(=O)C1CCC(N)CC1.CC(=O)C1CCC(N)CC1.Cl.Cl. The van der Waals surface area contributed by atoms with Crippen LogP contribution in [0.4, 0.5) is 0 Å². The zero-order valence-corrected chi connectivity index (χ0v) is 15.4. The Balaban J connectivity index is 0. The predicted octanol–water partition coefficient (Wildman–Crippen LogP) is 3.03. The summed E-state index contributed by atoms with van der Waals surface area (Å²) in [7, 11) is 0. The van der Waals surface area contributed by atoms with Gasteiger partial charge in [-0.2, -0.15) is 0 Å². The lowest BCUT2D eigenvalue weighted by atomic mass is 9.84. The molecule has 0 atom stereocenters. The molecule has 22 heavy (non-hydrogen) atoms. The van der Waals surface area contributed by atoms with Crippen LogP contribution in [0.5, 0.6) is 0 Å². The van der Waals surface area contributed by atoms with Gasteiger partial charge in [-0.05, 0) is 65.2 Å². The van der Waals surface area contributed by atoms with E-state index in [1.807, 2.05) is 0 Å². The smallest absolute Gasteiger partial charge is 0.132 e. The molecule has 4 nitrogen and oxygen atoms in total. The van der Waals surface area contributed by atoms with Crippen LogP contribution in [-0.4, -0.2) is 23.7 Å². The van der Waals surface area contributed by atoms with Crippen molar-refractivity contribution in [3.05, 3.63) is 0 Å². The molecule has 2 aliphatic rings. The first-order valence-corrected chi connectivity index (χ1v) is 7.92. The van der Waals surface area contributed by atoms with Gasteiger partial charge in [0, 0.05) is 23.9 Å². The Morgan fingerprint density at radius 3 is 1.05 bits per heavy atom. The highest BCUT2D eigenvalue weighted by Crippen LogP contribution is 2.24. The highest BCUT2D eigenvalue weighted by Gasteiger charge is 2.21. The Hall–Kier alpha value is -0.160. The molecule has 2 rings (SSSR count). The molecule has 0 heterocycles. The Bertz CT molecular complexity index is 292. The number of rotatable bonds is 2. The van der Waals surface area contributed by atoms with E-state index in [2.05, 4.69) is 0 Å². The second-order valence-corrected chi connectivity index (χ2v) is 6.44. The van der Waals surface area contributed by atoms with E-state index in [4.69, 9.17) is 11.5 Å². The van der Waals surface area contributed by atoms with Gasteiger partial charge in [0.1, 0.15) is 11.6 Å². The molecule has 0 aliphatic heterocycles. The molecule has 0 aromatic carbocycles. The molecule has 0 amide bonds. The number of carbonyl (C=O) groups is 2. The van der Waals surface area contributed by atoms with E-state index in [-0.39, 0.29) is 24.8 Å². The quantitative estimate of drug-likeness (QED) is 0.797. The molecule has 0 radical (unpaired) electrons. The molecule has 132 valence electrons. The minimum atomic E-state index is 0. The summed E-state index contributed by atoms with van der Waals surface area (Å²) in [6.07, 6.45) is 8.17. The second-order valence-electron chi connectivity index (χ2n) is 6.44. The second kappa shape index (κ2) is 12.3. The van der Waals surface area contributed by atoms with Crippen molar-refractivity contribution in [1.29, 1.82) is 0 Å². The van der Waals surface area contributed by atoms with E-state index in [9.17, 15) is 9.59 Å². The van der Waals surface area contributed by atoms with Crippen LogP contribution in [0.15, 0.2) is 0 Å². The monoisotopic (exact) mass is 354 g/mol. The number of halogens is 2. The fourth-order valence-electron chi connectivity index (χ4n) is 3.05. The number of nitrogens with two attached hydrogens (primary N) is 2. The Labute approximate surface area is 147 Å². The van der Waals surface area contributed by atoms with Gasteiger partial charge in [0.2, 0.25) is 0 Å². The number of carbonyl (C=O) groups excluding carboxylic acids is 2. The molecule has 0 saturated heterocycles. The van der Waals surface area contributed by atoms with Crippen LogP contribution >= 0.6 is 24.8 Å². The summed E-state index contributed by atoms with van der Waals surface area (Å²) in [4.78, 5) is 21.7. The minimum Gasteiger partial charge on any atom is -0.328 e. The third kappa shape index (κ3) is 9.09. The molecule has 0 spiro atoms. The third-order valence-electron chi connectivity index (χ3n) is 4.69. The minimum absolute atomic E-state index is 0. The van der Waals surface area contributed by atoms with Crippen molar-refractivity contribution in [1.82, 2.24) is 0 Å². The van der Waals surface area contributed by atoms with Crippen LogP contribution < -0.4 is 11.5 Å². The van der Waals surface area contributed by atoms with Gasteiger partial charge >= 0.3 is 0 Å². The highest BCUT2D eigenvalue weighted by atomic mass is 35.5. The number of hydrogen-bond acceptors (Lipinski definition) is 4. The molecular weight excluding hydrogens is 323 g/mol. The van der Waals surface area contributed by atoms with E-state index < -0.39 is 0 Å². The van der Waals surface area contributed by atoms with Gasteiger partial charge in [-0.25, -0.2) is 0 Å². The summed E-state index contributed by atoms with van der Waals surface area (Å²) >= 11 is 0. The third-order valence-corrected chi connectivity index (χ3v) is 4.69. The van der Waals surface area contributed by atoms with Gasteiger partial charge in [0.05, 0.1) is 0 Å². The summed E-state index contributed by atoms with van der Waals surface area (Å²) in [6, 6.07) is 0.714. The molecule has 2 fully saturated rings. The van der Waals surface area contributed by atoms with Crippen molar-refractivity contribution < 1.29 is 9.59 Å². The summed E-state index contributed by atoms with van der Waals surface area (Å²) in [5.74, 6) is 1.32. The first-order valence-electron chi connectivity index (χ1n) is 7.92. The van der Waals surface area contributed by atoms with Crippen molar-refractivity contribution in [3.8, 4) is 0 Å². The first-order chi connectivity index (χ1) is 9.40. The molecule has 0 bridgehead atoms. The van der Waals surface area contributed by atoms with Crippen LogP contribution in [-0.2, 0) is 9.59 Å². The zero-order valence-electron chi connectivity index (χ0n) is 13.8. The van der Waals surface area contributed by atoms with Crippen molar-refractivity contribution in [2.45, 2.75) is 77.3 Å². The lowest BCUT2D eigenvalue weighted by Gasteiger charge is -2.23. The maximum Gasteiger partial charge on any atom is 0.132 e. The van der Waals surface area contributed by atoms with Crippen LogP contribution in [0.2, 0.25) is 0 Å². The molecule has 6 heteroatoms. The van der Waals surface area contributed by atoms with Gasteiger partial charge in [0.25, 0.3) is 0 Å². The summed E-state index contributed by atoms with van der Waals surface area (Å²) in [6.45, 7) is 3.36. The molecule has 2 aliphatic carbocycles. The molecular formula is C16H32Cl2N2O2. The summed E-state index contributed by atoms with van der Waals surface area (Å²) in [5, 5.41) is 0. The Morgan fingerprint density at radius 2 is 0.864 bits per heavy atom. The molecule has 0 aromatic heterocycles. The topological polar surface area (TPSA) is 86.2 Å². The van der Waals surface area contributed by atoms with E-state index in [1.54, 1.807) is 13.8 Å². The first kappa shape index (κ1) is 24.1. The maximum atomic E-state index is 10.9. The molecule has 0 aromatic rings. The predicted molar refractivity (Wildman–Crippen MR) is 95.7 cm³/mol. The van der Waals surface area contributed by atoms with E-state index >= 15 is 0 Å². The van der Waals surface area contributed by atoms with Crippen LogP contribution in [0, 0.1) is 11.8 Å². The van der Waals surface area contributed by atoms with E-state index in [0.717, 1.165) is 51.4 Å². The maximum absolute atomic E-state index is 10.9. The molecule has 0 unspecified atom stereocenters. The largest absolute Gasteiger partial charge is 0.328 e. The highest BCUT2D eigenvalue weighted by molar-refractivity contribution is 5.85. The average molecular weight is 355 g/mol. The van der Waals surface area contributed by atoms with Gasteiger partial charge in [-0.3, -0.25) is 9.59 Å². The van der Waals surface area contributed by atoms with Crippen molar-refractivity contribution in [2.75, 3.05) is 0 Å². The van der Waals surface area contributed by atoms with Crippen molar-refractivity contribution in [2.24, 2.45) is 23.3 Å². The van der Waals surface area contributed by atoms with Crippen LogP contribution in [0.3, 0.4) is 0 Å². The van der Waals surface area contributed by atoms with E-state index in [0.29, 0.717) is 35.5 Å². The number of hydrogen-bond donors (Lipinski definition) is 2. The Morgan fingerprint density at radius 1 is 0.636 bits per heavy atom. The Kier molecular flexibility index (Phi) is 13.5. The van der Waals surface area contributed by atoms with Crippen LogP contribution in [0.25, 0.3) is 0 Å². The normalized spacial score (nSPS) is 30.7. The zero-order chi connectivity index (χ0) is 15.1. The van der Waals surface area contributed by atoms with Gasteiger partial charge in [0.15, 0.2) is 0 Å². The van der Waals surface area contributed by atoms with Gasteiger partial charge in [-0.15, -0.1) is 24.8 Å². The van der Waals surface area contributed by atoms with Gasteiger partial charge in [-0.1, -0.05) is 0 Å².